The molecule has 0 spiro atoms. The van der Waals surface area contributed by atoms with Crippen LogP contribution in [0.5, 0.6) is 0 Å². The summed E-state index contributed by atoms with van der Waals surface area (Å²) in [4.78, 5) is 45.1. The predicted molar refractivity (Wildman–Crippen MR) is 132 cm³/mol. The van der Waals surface area contributed by atoms with Crippen LogP contribution in [0.4, 0.5) is 0 Å². The third-order valence-corrected chi connectivity index (χ3v) is 7.21. The average molecular weight is 482 g/mol. The van der Waals surface area contributed by atoms with Crippen LogP contribution >= 0.6 is 0 Å². The molecule has 1 amide bonds. The van der Waals surface area contributed by atoms with Gasteiger partial charge in [0.05, 0.1) is 19.3 Å². The summed E-state index contributed by atoms with van der Waals surface area (Å²) in [6, 6.07) is 0. The Balaban J connectivity index is 2.08. The van der Waals surface area contributed by atoms with E-state index in [9.17, 15) is 19.5 Å². The molecule has 2 aliphatic heterocycles. The number of likely N-dealkylation sites (tertiary alicyclic amines) is 1. The molecule has 1 N–H and O–H groups in total. The Kier molecular flexibility index (Phi) is 11.4. The summed E-state index contributed by atoms with van der Waals surface area (Å²) in [5.74, 6) is -0.812. The third kappa shape index (κ3) is 8.93. The largest absolute Gasteiger partial charge is 0.465 e. The molecule has 2 aliphatic rings. The molecule has 0 aromatic rings. The van der Waals surface area contributed by atoms with Crippen LogP contribution in [-0.2, 0) is 19.1 Å². The first-order chi connectivity index (χ1) is 16.0. The number of nitrogens with zero attached hydrogens (tertiary/aromatic N) is 3. The number of carbonyl (C=O) groups is 3. The summed E-state index contributed by atoms with van der Waals surface area (Å²) in [6.07, 6.45) is 4.37. The Morgan fingerprint density at radius 3 is 2.35 bits per heavy atom. The molecule has 0 unspecified atom stereocenters. The maximum atomic E-state index is 13.1. The number of rotatable bonds is 2. The first kappa shape index (κ1) is 28.7. The summed E-state index contributed by atoms with van der Waals surface area (Å²) >= 11 is 0. The lowest BCUT2D eigenvalue weighted by Crippen LogP contribution is -2.45. The van der Waals surface area contributed by atoms with Gasteiger partial charge >= 0.3 is 5.97 Å². The van der Waals surface area contributed by atoms with Crippen molar-refractivity contribution < 1.29 is 24.2 Å². The molecule has 34 heavy (non-hydrogen) atoms. The molecule has 0 aromatic carbocycles. The van der Waals surface area contributed by atoms with Crippen LogP contribution < -0.4 is 0 Å². The van der Waals surface area contributed by atoms with Gasteiger partial charge in [-0.15, -0.1) is 0 Å². The maximum Gasteiger partial charge on any atom is 0.319 e. The van der Waals surface area contributed by atoms with E-state index in [1.165, 1.54) is 6.42 Å². The topological polar surface area (TPSA) is 90.4 Å². The summed E-state index contributed by atoms with van der Waals surface area (Å²) < 4.78 is 5.46. The van der Waals surface area contributed by atoms with Crippen molar-refractivity contribution in [3.63, 3.8) is 0 Å². The molecule has 0 radical (unpaired) electrons. The second-order valence-corrected chi connectivity index (χ2v) is 11.1. The van der Waals surface area contributed by atoms with Crippen LogP contribution in [0, 0.1) is 17.3 Å². The highest BCUT2D eigenvalue weighted by atomic mass is 16.5. The fraction of sp³-hybridized carbons (Fsp3) is 0.885. The minimum absolute atomic E-state index is 0.118. The van der Waals surface area contributed by atoms with Gasteiger partial charge in [0.15, 0.2) is 5.78 Å². The van der Waals surface area contributed by atoms with E-state index in [0.717, 1.165) is 39.0 Å². The number of Topliss-reactive ketones (excluding diaryl/α,β-unsaturated/α-hetero) is 1. The van der Waals surface area contributed by atoms with E-state index in [1.54, 1.807) is 20.8 Å². The van der Waals surface area contributed by atoms with Gasteiger partial charge in [0.25, 0.3) is 0 Å². The van der Waals surface area contributed by atoms with Crippen LogP contribution in [0.1, 0.15) is 66.2 Å². The molecule has 2 heterocycles. The van der Waals surface area contributed by atoms with Crippen LogP contribution in [0.25, 0.3) is 0 Å². The van der Waals surface area contributed by atoms with Crippen molar-refractivity contribution in [1.29, 1.82) is 0 Å². The lowest BCUT2D eigenvalue weighted by Gasteiger charge is -2.31. The highest BCUT2D eigenvalue weighted by Crippen LogP contribution is 2.27. The van der Waals surface area contributed by atoms with Gasteiger partial charge in [-0.05, 0) is 72.0 Å². The number of likely N-dealkylation sites (N-methyl/N-ethyl adjacent to an activating group) is 1. The number of ether oxygens (including phenoxy) is 1. The van der Waals surface area contributed by atoms with Crippen molar-refractivity contribution in [2.24, 2.45) is 17.3 Å². The van der Waals surface area contributed by atoms with Crippen molar-refractivity contribution >= 4 is 17.7 Å². The number of esters is 1. The molecule has 196 valence electrons. The van der Waals surface area contributed by atoms with E-state index in [0.29, 0.717) is 38.9 Å². The normalized spacial score (nSPS) is 29.9. The number of cyclic esters (lactones) is 1. The fourth-order valence-corrected chi connectivity index (χ4v) is 5.15. The lowest BCUT2D eigenvalue weighted by molar-refractivity contribution is -0.160. The average Bonchev–Trinajstić information content (AvgIpc) is 2.77. The number of hydrogen-bond donors (Lipinski definition) is 1. The predicted octanol–water partition coefficient (Wildman–Crippen LogP) is 2.19. The van der Waals surface area contributed by atoms with Gasteiger partial charge in [-0.2, -0.15) is 0 Å². The summed E-state index contributed by atoms with van der Waals surface area (Å²) in [7, 11) is 2.04. The zero-order valence-corrected chi connectivity index (χ0v) is 22.1. The minimum Gasteiger partial charge on any atom is -0.465 e. The summed E-state index contributed by atoms with van der Waals surface area (Å²) in [5, 5.41) is 10.6. The van der Waals surface area contributed by atoms with E-state index in [4.69, 9.17) is 4.74 Å². The molecule has 0 saturated carbocycles. The van der Waals surface area contributed by atoms with Crippen LogP contribution in [0.15, 0.2) is 0 Å². The van der Waals surface area contributed by atoms with Crippen molar-refractivity contribution in [1.82, 2.24) is 14.7 Å². The van der Waals surface area contributed by atoms with Crippen LogP contribution in [-0.4, -0.2) is 103 Å². The Morgan fingerprint density at radius 1 is 1.00 bits per heavy atom. The van der Waals surface area contributed by atoms with Crippen molar-refractivity contribution in [2.75, 3.05) is 59.5 Å². The zero-order chi connectivity index (χ0) is 25.3. The monoisotopic (exact) mass is 481 g/mol. The molecule has 3 atom stereocenters. The first-order valence-corrected chi connectivity index (χ1v) is 13.1. The first-order valence-electron chi connectivity index (χ1n) is 13.1. The molecule has 2 rings (SSSR count). The van der Waals surface area contributed by atoms with Crippen LogP contribution in [0.3, 0.4) is 0 Å². The minimum atomic E-state index is -1.26. The zero-order valence-electron chi connectivity index (χ0n) is 22.1. The number of carbonyl (C=O) groups excluding carboxylic acids is 3. The van der Waals surface area contributed by atoms with E-state index >= 15 is 0 Å². The van der Waals surface area contributed by atoms with Gasteiger partial charge in [-0.25, -0.2) is 0 Å². The van der Waals surface area contributed by atoms with E-state index < -0.39 is 23.4 Å². The van der Waals surface area contributed by atoms with Gasteiger partial charge in [-0.3, -0.25) is 19.3 Å². The second-order valence-electron chi connectivity index (χ2n) is 11.1. The Bertz CT molecular complexity index is 677. The van der Waals surface area contributed by atoms with Crippen molar-refractivity contribution in [2.45, 2.75) is 72.3 Å². The molecule has 8 nitrogen and oxygen atoms in total. The number of amides is 1. The number of piperidine rings is 1. The van der Waals surface area contributed by atoms with Gasteiger partial charge in [0, 0.05) is 32.1 Å². The van der Waals surface area contributed by atoms with Crippen molar-refractivity contribution in [3.8, 4) is 0 Å². The summed E-state index contributed by atoms with van der Waals surface area (Å²) in [6.45, 7) is 12.3. The van der Waals surface area contributed by atoms with Crippen molar-refractivity contribution in [3.05, 3.63) is 0 Å². The standard InChI is InChI=1S/C26H47N3O5/c1-20-16-22(30)17-21(2)24(32)26(3,4)25(33)34-15-9-12-29(14-13-27(5)18-20)23(31)19-28-10-7-6-8-11-28/h20-22,30H,6-19H2,1-5H3/t20-,21-,22-/m1/s1. The molecule has 8 heteroatoms. The van der Waals surface area contributed by atoms with E-state index in [-0.39, 0.29) is 24.2 Å². The van der Waals surface area contributed by atoms with Gasteiger partial charge in [0.1, 0.15) is 5.41 Å². The maximum absolute atomic E-state index is 13.1. The molecule has 0 bridgehead atoms. The Morgan fingerprint density at radius 2 is 1.68 bits per heavy atom. The van der Waals surface area contributed by atoms with Gasteiger partial charge in [0.2, 0.25) is 5.91 Å². The number of hydrogen-bond acceptors (Lipinski definition) is 7. The summed E-state index contributed by atoms with van der Waals surface area (Å²) in [5.41, 5.74) is -1.26. The van der Waals surface area contributed by atoms with E-state index in [1.807, 2.05) is 11.9 Å². The number of aliphatic hydroxyl groups is 1. The SMILES string of the molecule is C[C@@H]1C[C@@H](O)C[C@@H](C)C(=O)C(C)(C)C(=O)OCCCN(C(=O)CN2CCCCC2)CCN(C)C1. The molecular formula is C26H47N3O5. The number of ketones is 1. The second kappa shape index (κ2) is 13.5. The van der Waals surface area contributed by atoms with Gasteiger partial charge in [-0.1, -0.05) is 20.3 Å². The third-order valence-electron chi connectivity index (χ3n) is 7.21. The highest BCUT2D eigenvalue weighted by Gasteiger charge is 2.40. The van der Waals surface area contributed by atoms with E-state index in [2.05, 4.69) is 16.7 Å². The highest BCUT2D eigenvalue weighted by molar-refractivity contribution is 6.03. The number of aliphatic hydroxyl groups excluding tert-OH is 1. The quantitative estimate of drug-likeness (QED) is 0.478. The molecule has 2 saturated heterocycles. The van der Waals surface area contributed by atoms with Gasteiger partial charge < -0.3 is 19.6 Å². The molecular weight excluding hydrogens is 434 g/mol. The molecule has 0 aromatic heterocycles. The molecule has 0 aliphatic carbocycles. The smallest absolute Gasteiger partial charge is 0.319 e. The Hall–Kier alpha value is -1.51. The molecule has 2 fully saturated rings. The fourth-order valence-electron chi connectivity index (χ4n) is 5.15. The van der Waals surface area contributed by atoms with Crippen LogP contribution in [0.2, 0.25) is 0 Å². The Labute approximate surface area is 206 Å². The lowest BCUT2D eigenvalue weighted by atomic mass is 9.79.